The highest BCUT2D eigenvalue weighted by atomic mass is 79.9. The fraction of sp³-hybridized carbons (Fsp3) is 0.333. The van der Waals surface area contributed by atoms with E-state index < -0.39 is 12.2 Å². The fourth-order valence-corrected chi connectivity index (χ4v) is 2.91. The van der Waals surface area contributed by atoms with Crippen molar-refractivity contribution in [2.75, 3.05) is 10.6 Å². The van der Waals surface area contributed by atoms with Crippen LogP contribution in [0.15, 0.2) is 22.7 Å². The van der Waals surface area contributed by atoms with E-state index in [-0.39, 0.29) is 11.8 Å². The number of rotatable bonds is 1. The number of halogens is 1. The van der Waals surface area contributed by atoms with Crippen molar-refractivity contribution in [2.24, 2.45) is 0 Å². The van der Waals surface area contributed by atoms with E-state index in [9.17, 15) is 9.59 Å². The minimum absolute atomic E-state index is 0.292. The molecule has 2 aliphatic rings. The van der Waals surface area contributed by atoms with Crippen LogP contribution in [-0.4, -0.2) is 24.0 Å². The number of nitrogen functional groups attached to an aromatic ring is 1. The molecule has 0 saturated carbocycles. The molecular weight excluding hydrogens is 300 g/mol. The van der Waals surface area contributed by atoms with Gasteiger partial charge in [0.25, 0.3) is 11.8 Å². The SMILES string of the molecule is Nc1ccc(N2C(=O)C3CCC(O3)C2=O)c(Br)c1. The molecule has 0 aromatic heterocycles. The summed E-state index contributed by atoms with van der Waals surface area (Å²) in [6.45, 7) is 0. The summed E-state index contributed by atoms with van der Waals surface area (Å²) in [4.78, 5) is 25.5. The molecule has 5 nitrogen and oxygen atoms in total. The van der Waals surface area contributed by atoms with Gasteiger partial charge in [-0.3, -0.25) is 9.59 Å². The first-order chi connectivity index (χ1) is 8.58. The molecule has 2 heterocycles. The lowest BCUT2D eigenvalue weighted by Crippen LogP contribution is -2.52. The molecule has 0 radical (unpaired) electrons. The van der Waals surface area contributed by atoms with Gasteiger partial charge in [0.15, 0.2) is 0 Å². The van der Waals surface area contributed by atoms with Gasteiger partial charge >= 0.3 is 0 Å². The van der Waals surface area contributed by atoms with Crippen LogP contribution in [0.3, 0.4) is 0 Å². The second-order valence-corrected chi connectivity index (χ2v) is 5.27. The first-order valence-electron chi connectivity index (χ1n) is 5.66. The molecule has 3 rings (SSSR count). The van der Waals surface area contributed by atoms with Crippen LogP contribution in [0.5, 0.6) is 0 Å². The van der Waals surface area contributed by atoms with E-state index in [1.807, 2.05) is 0 Å². The zero-order valence-corrected chi connectivity index (χ0v) is 11.0. The maximum absolute atomic E-state index is 12.2. The molecule has 1 aromatic rings. The summed E-state index contributed by atoms with van der Waals surface area (Å²) in [5.74, 6) is -0.585. The predicted molar refractivity (Wildman–Crippen MR) is 68.9 cm³/mol. The minimum atomic E-state index is -0.489. The number of benzene rings is 1. The van der Waals surface area contributed by atoms with Crippen molar-refractivity contribution >= 4 is 39.1 Å². The Bertz CT molecular complexity index is 524. The summed E-state index contributed by atoms with van der Waals surface area (Å²) >= 11 is 3.33. The second-order valence-electron chi connectivity index (χ2n) is 4.41. The number of hydrogen-bond acceptors (Lipinski definition) is 4. The molecule has 2 unspecified atom stereocenters. The Morgan fingerprint density at radius 3 is 2.39 bits per heavy atom. The molecule has 2 saturated heterocycles. The largest absolute Gasteiger partial charge is 0.399 e. The van der Waals surface area contributed by atoms with Crippen molar-refractivity contribution in [1.82, 2.24) is 0 Å². The lowest BCUT2D eigenvalue weighted by atomic mass is 10.2. The number of carbonyl (C=O) groups is 2. The van der Waals surface area contributed by atoms with Crippen molar-refractivity contribution in [3.63, 3.8) is 0 Å². The number of imide groups is 1. The normalized spacial score (nSPS) is 26.8. The molecule has 2 fully saturated rings. The Morgan fingerprint density at radius 2 is 1.83 bits per heavy atom. The molecule has 2 bridgehead atoms. The minimum Gasteiger partial charge on any atom is -0.399 e. The van der Waals surface area contributed by atoms with Gasteiger partial charge in [-0.1, -0.05) is 0 Å². The summed E-state index contributed by atoms with van der Waals surface area (Å²) in [5.41, 5.74) is 6.75. The Hall–Kier alpha value is -1.40. The van der Waals surface area contributed by atoms with Gasteiger partial charge in [0.1, 0.15) is 12.2 Å². The smallest absolute Gasteiger partial charge is 0.263 e. The third-order valence-electron chi connectivity index (χ3n) is 3.22. The summed E-state index contributed by atoms with van der Waals surface area (Å²) in [5, 5.41) is 0. The summed E-state index contributed by atoms with van der Waals surface area (Å²) < 4.78 is 5.99. The van der Waals surface area contributed by atoms with Crippen LogP contribution in [0, 0.1) is 0 Å². The molecular formula is C12H11BrN2O3. The molecule has 2 aliphatic heterocycles. The lowest BCUT2D eigenvalue weighted by molar-refractivity contribution is -0.146. The van der Waals surface area contributed by atoms with Gasteiger partial charge < -0.3 is 10.5 Å². The van der Waals surface area contributed by atoms with E-state index in [1.165, 1.54) is 4.90 Å². The van der Waals surface area contributed by atoms with E-state index in [0.717, 1.165) is 0 Å². The zero-order chi connectivity index (χ0) is 12.9. The number of nitrogens with two attached hydrogens (primary N) is 1. The third kappa shape index (κ3) is 1.64. The number of hydrogen-bond donors (Lipinski definition) is 1. The van der Waals surface area contributed by atoms with E-state index in [4.69, 9.17) is 10.5 Å². The van der Waals surface area contributed by atoms with E-state index in [1.54, 1.807) is 18.2 Å². The Kier molecular flexibility index (Phi) is 2.64. The zero-order valence-electron chi connectivity index (χ0n) is 9.43. The molecule has 0 aliphatic carbocycles. The van der Waals surface area contributed by atoms with Crippen molar-refractivity contribution < 1.29 is 14.3 Å². The molecule has 2 N–H and O–H groups in total. The van der Waals surface area contributed by atoms with Crippen molar-refractivity contribution in [3.8, 4) is 0 Å². The van der Waals surface area contributed by atoms with Crippen molar-refractivity contribution in [1.29, 1.82) is 0 Å². The first kappa shape index (κ1) is 11.7. The number of anilines is 2. The van der Waals surface area contributed by atoms with E-state index in [2.05, 4.69) is 15.9 Å². The van der Waals surface area contributed by atoms with Crippen LogP contribution in [-0.2, 0) is 14.3 Å². The van der Waals surface area contributed by atoms with E-state index >= 15 is 0 Å². The molecule has 18 heavy (non-hydrogen) atoms. The lowest BCUT2D eigenvalue weighted by Gasteiger charge is -2.30. The molecule has 1 aromatic carbocycles. The van der Waals surface area contributed by atoms with Crippen LogP contribution in [0.1, 0.15) is 12.8 Å². The third-order valence-corrected chi connectivity index (χ3v) is 3.86. The van der Waals surface area contributed by atoms with Gasteiger partial charge in [-0.05, 0) is 47.0 Å². The van der Waals surface area contributed by atoms with Gasteiger partial charge in [-0.25, -0.2) is 4.90 Å². The first-order valence-corrected chi connectivity index (χ1v) is 6.45. The topological polar surface area (TPSA) is 72.6 Å². The Morgan fingerprint density at radius 1 is 1.22 bits per heavy atom. The highest BCUT2D eigenvalue weighted by Gasteiger charge is 2.47. The average Bonchev–Trinajstić information content (AvgIpc) is 2.76. The van der Waals surface area contributed by atoms with Gasteiger partial charge in [0.05, 0.1) is 5.69 Å². The monoisotopic (exact) mass is 310 g/mol. The van der Waals surface area contributed by atoms with Gasteiger partial charge in [-0.2, -0.15) is 0 Å². The fourth-order valence-electron chi connectivity index (χ4n) is 2.34. The number of ether oxygens (including phenoxy) is 1. The maximum atomic E-state index is 12.2. The quantitative estimate of drug-likeness (QED) is 0.629. The average molecular weight is 311 g/mol. The van der Waals surface area contributed by atoms with Crippen LogP contribution >= 0.6 is 15.9 Å². The number of carbonyl (C=O) groups excluding carboxylic acids is 2. The van der Waals surface area contributed by atoms with Crippen molar-refractivity contribution in [3.05, 3.63) is 22.7 Å². The number of fused-ring (bicyclic) bond motifs is 2. The number of amides is 2. The number of morpholine rings is 1. The molecule has 94 valence electrons. The van der Waals surface area contributed by atoms with Gasteiger partial charge in [0, 0.05) is 10.2 Å². The molecule has 6 heteroatoms. The van der Waals surface area contributed by atoms with Crippen LogP contribution in [0.2, 0.25) is 0 Å². The van der Waals surface area contributed by atoms with Crippen molar-refractivity contribution in [2.45, 2.75) is 25.0 Å². The van der Waals surface area contributed by atoms with Crippen LogP contribution < -0.4 is 10.6 Å². The Balaban J connectivity index is 2.05. The molecule has 2 atom stereocenters. The summed E-state index contributed by atoms with van der Waals surface area (Å²) in [7, 11) is 0. The highest BCUT2D eigenvalue weighted by molar-refractivity contribution is 9.10. The maximum Gasteiger partial charge on any atom is 0.263 e. The summed E-state index contributed by atoms with van der Waals surface area (Å²) in [6.07, 6.45) is 0.241. The highest BCUT2D eigenvalue weighted by Crippen LogP contribution is 2.35. The predicted octanol–water partition coefficient (Wildman–Crippen LogP) is 1.45. The number of nitrogens with zero attached hydrogens (tertiary/aromatic N) is 1. The standard InChI is InChI=1S/C12H11BrN2O3/c13-7-5-6(14)1-2-8(7)15-11(16)9-3-4-10(18-9)12(15)17/h1-2,5,9-10H,3-4,14H2. The second kappa shape index (κ2) is 4.07. The van der Waals surface area contributed by atoms with Crippen LogP contribution in [0.25, 0.3) is 0 Å². The Labute approximate surface area is 112 Å². The summed E-state index contributed by atoms with van der Waals surface area (Å²) in [6, 6.07) is 5.01. The van der Waals surface area contributed by atoms with E-state index in [0.29, 0.717) is 28.7 Å². The van der Waals surface area contributed by atoms with Crippen LogP contribution in [0.4, 0.5) is 11.4 Å². The van der Waals surface area contributed by atoms with Gasteiger partial charge in [0.2, 0.25) is 0 Å². The molecule has 2 amide bonds. The molecule has 0 spiro atoms. The van der Waals surface area contributed by atoms with Gasteiger partial charge in [-0.15, -0.1) is 0 Å².